The van der Waals surface area contributed by atoms with Gasteiger partial charge >= 0.3 is 11.9 Å². The zero-order chi connectivity index (χ0) is 21.0. The van der Waals surface area contributed by atoms with Crippen LogP contribution in [0.5, 0.6) is 11.5 Å². The molecule has 3 rings (SSSR count). The molecule has 0 aromatic heterocycles. The number of nitrogens with one attached hydrogen (secondary N) is 1. The fourth-order valence-electron chi connectivity index (χ4n) is 2.61. The molecule has 0 spiro atoms. The number of nitrogens with zero attached hydrogens (tertiary/aromatic N) is 2. The molecular weight excluding hydrogens is 421 g/mol. The van der Waals surface area contributed by atoms with Crippen LogP contribution in [-0.4, -0.2) is 46.1 Å². The number of hydrogen-bond acceptors (Lipinski definition) is 6. The molecule has 29 heavy (non-hydrogen) atoms. The van der Waals surface area contributed by atoms with Crippen LogP contribution in [0.15, 0.2) is 59.2 Å². The number of aliphatic carboxylic acids is 2. The first-order valence-electron chi connectivity index (χ1n) is 8.34. The van der Waals surface area contributed by atoms with Crippen molar-refractivity contribution >= 4 is 46.8 Å². The number of rotatable bonds is 6. The van der Waals surface area contributed by atoms with Gasteiger partial charge in [0.15, 0.2) is 5.75 Å². The van der Waals surface area contributed by atoms with Crippen LogP contribution in [0.25, 0.3) is 0 Å². The van der Waals surface area contributed by atoms with E-state index in [1.165, 1.54) is 4.90 Å². The Labute approximate surface area is 175 Å². The van der Waals surface area contributed by atoms with E-state index in [0.717, 1.165) is 0 Å². The number of aliphatic imine (C=N–C) groups is 1. The molecule has 1 aliphatic heterocycles. The lowest BCUT2D eigenvalue weighted by molar-refractivity contribution is -0.136. The highest BCUT2D eigenvalue weighted by Crippen LogP contribution is 2.33. The molecule has 10 heteroatoms. The van der Waals surface area contributed by atoms with E-state index in [-0.39, 0.29) is 12.5 Å². The van der Waals surface area contributed by atoms with E-state index in [1.807, 2.05) is 0 Å². The summed E-state index contributed by atoms with van der Waals surface area (Å²) in [6.07, 6.45) is 0.628. The van der Waals surface area contributed by atoms with Crippen LogP contribution < -0.4 is 10.1 Å². The molecule has 0 unspecified atom stereocenters. The maximum atomic E-state index is 11.5. The number of halogens is 2. The Bertz CT molecular complexity index is 1020. The number of para-hydroxylation sites is 2. The molecule has 0 fully saturated rings. The third-order valence-corrected chi connectivity index (χ3v) is 4.60. The Kier molecular flexibility index (Phi) is 6.26. The van der Waals surface area contributed by atoms with Gasteiger partial charge in [-0.25, -0.2) is 9.59 Å². The summed E-state index contributed by atoms with van der Waals surface area (Å²) in [5.74, 6) is -1.65. The van der Waals surface area contributed by atoms with Gasteiger partial charge in [-0.3, -0.25) is 4.99 Å². The first-order chi connectivity index (χ1) is 13.8. The zero-order valence-electron chi connectivity index (χ0n) is 14.8. The standard InChI is InChI=1S/C19H15Cl2N3O5/c20-12-6-5-11(9-13(12)21)29-16-4-2-1-3-14(16)23-19-22-7-8-24(19)15(18(27)28)10-17(25)26/h1-6,9-10H,7-8H2,(H,22,23)(H,25,26)(H,27,28)/b15-10-. The van der Waals surface area contributed by atoms with E-state index in [0.29, 0.717) is 39.9 Å². The van der Waals surface area contributed by atoms with Gasteiger partial charge in [0.05, 0.1) is 28.4 Å². The van der Waals surface area contributed by atoms with Gasteiger partial charge in [0.25, 0.3) is 0 Å². The van der Waals surface area contributed by atoms with Crippen molar-refractivity contribution in [3.05, 3.63) is 64.3 Å². The Balaban J connectivity index is 1.85. The molecule has 3 N–H and O–H groups in total. The van der Waals surface area contributed by atoms with Gasteiger partial charge < -0.3 is 25.2 Å². The summed E-state index contributed by atoms with van der Waals surface area (Å²) in [5, 5.41) is 22.1. The lowest BCUT2D eigenvalue weighted by Crippen LogP contribution is -2.36. The van der Waals surface area contributed by atoms with Crippen molar-refractivity contribution in [2.24, 2.45) is 4.99 Å². The Morgan fingerprint density at radius 3 is 2.59 bits per heavy atom. The number of carboxylic acid groups (broad SMARTS) is 2. The Morgan fingerprint density at radius 2 is 1.90 bits per heavy atom. The van der Waals surface area contributed by atoms with Gasteiger partial charge in [-0.1, -0.05) is 35.3 Å². The van der Waals surface area contributed by atoms with Crippen LogP contribution in [0.4, 0.5) is 5.69 Å². The second kappa shape index (κ2) is 8.85. The van der Waals surface area contributed by atoms with Gasteiger partial charge in [0, 0.05) is 12.6 Å². The summed E-state index contributed by atoms with van der Waals surface area (Å²) in [7, 11) is 0. The molecule has 2 aromatic carbocycles. The molecular formula is C19H15Cl2N3O5. The lowest BCUT2D eigenvalue weighted by atomic mass is 10.3. The van der Waals surface area contributed by atoms with E-state index >= 15 is 0 Å². The Hall–Kier alpha value is -3.23. The molecule has 0 aliphatic carbocycles. The van der Waals surface area contributed by atoms with Gasteiger partial charge in [-0.05, 0) is 24.3 Å². The molecule has 0 radical (unpaired) electrons. The predicted octanol–water partition coefficient (Wildman–Crippen LogP) is 3.92. The van der Waals surface area contributed by atoms with Gasteiger partial charge in [0.1, 0.15) is 11.4 Å². The summed E-state index contributed by atoms with van der Waals surface area (Å²) in [4.78, 5) is 28.0. The van der Waals surface area contributed by atoms with Crippen molar-refractivity contribution in [3.63, 3.8) is 0 Å². The van der Waals surface area contributed by atoms with E-state index < -0.39 is 17.6 Å². The largest absolute Gasteiger partial charge is 0.478 e. The van der Waals surface area contributed by atoms with Crippen LogP contribution in [0.1, 0.15) is 0 Å². The molecule has 0 bridgehead atoms. The van der Waals surface area contributed by atoms with Crippen LogP contribution in [-0.2, 0) is 9.59 Å². The predicted molar refractivity (Wildman–Crippen MR) is 109 cm³/mol. The number of carbonyl (C=O) groups is 2. The number of carboxylic acids is 2. The van der Waals surface area contributed by atoms with Gasteiger partial charge in [-0.2, -0.15) is 0 Å². The van der Waals surface area contributed by atoms with Crippen molar-refractivity contribution < 1.29 is 24.5 Å². The third-order valence-electron chi connectivity index (χ3n) is 3.86. The SMILES string of the molecule is O=C(O)/C=C(/C(=O)O)N1CCN=C1Nc1ccccc1Oc1ccc(Cl)c(Cl)c1. The minimum absolute atomic E-state index is 0.199. The fraction of sp³-hybridized carbons (Fsp3) is 0.105. The van der Waals surface area contributed by atoms with Crippen LogP contribution >= 0.6 is 23.2 Å². The molecule has 2 aromatic rings. The normalized spacial score (nSPS) is 13.8. The average molecular weight is 436 g/mol. The molecule has 1 aliphatic rings. The lowest BCUT2D eigenvalue weighted by Gasteiger charge is -2.22. The monoisotopic (exact) mass is 435 g/mol. The molecule has 8 nitrogen and oxygen atoms in total. The quantitative estimate of drug-likeness (QED) is 0.589. The number of guanidine groups is 1. The minimum atomic E-state index is -1.37. The van der Waals surface area contributed by atoms with E-state index in [2.05, 4.69) is 10.3 Å². The second-order valence-electron chi connectivity index (χ2n) is 5.83. The molecule has 0 saturated heterocycles. The first kappa shape index (κ1) is 20.5. The van der Waals surface area contributed by atoms with E-state index in [1.54, 1.807) is 42.5 Å². The van der Waals surface area contributed by atoms with Gasteiger partial charge in [0.2, 0.25) is 5.96 Å². The van der Waals surface area contributed by atoms with E-state index in [4.69, 9.17) is 33.0 Å². The summed E-state index contributed by atoms with van der Waals surface area (Å²) >= 11 is 11.9. The zero-order valence-corrected chi connectivity index (χ0v) is 16.3. The number of ether oxygens (including phenoxy) is 1. The van der Waals surface area contributed by atoms with Crippen LogP contribution in [0, 0.1) is 0 Å². The fourth-order valence-corrected chi connectivity index (χ4v) is 2.90. The molecule has 0 amide bonds. The Morgan fingerprint density at radius 1 is 1.14 bits per heavy atom. The molecule has 150 valence electrons. The van der Waals surface area contributed by atoms with E-state index in [9.17, 15) is 14.7 Å². The van der Waals surface area contributed by atoms with Crippen molar-refractivity contribution in [2.45, 2.75) is 0 Å². The molecule has 0 atom stereocenters. The van der Waals surface area contributed by atoms with Crippen molar-refractivity contribution in [3.8, 4) is 11.5 Å². The topological polar surface area (TPSA) is 111 Å². The average Bonchev–Trinajstić information content (AvgIpc) is 3.12. The van der Waals surface area contributed by atoms with Crippen LogP contribution in [0.2, 0.25) is 10.0 Å². The highest BCUT2D eigenvalue weighted by molar-refractivity contribution is 6.42. The summed E-state index contributed by atoms with van der Waals surface area (Å²) < 4.78 is 5.86. The summed E-state index contributed by atoms with van der Waals surface area (Å²) in [5.41, 5.74) is 0.105. The molecule has 1 heterocycles. The maximum absolute atomic E-state index is 11.5. The van der Waals surface area contributed by atoms with Gasteiger partial charge in [-0.15, -0.1) is 0 Å². The van der Waals surface area contributed by atoms with Crippen LogP contribution in [0.3, 0.4) is 0 Å². The second-order valence-corrected chi connectivity index (χ2v) is 6.64. The smallest absolute Gasteiger partial charge is 0.352 e. The van der Waals surface area contributed by atoms with Crippen molar-refractivity contribution in [1.29, 1.82) is 0 Å². The number of hydrogen-bond donors (Lipinski definition) is 3. The number of benzene rings is 2. The highest BCUT2D eigenvalue weighted by Gasteiger charge is 2.27. The summed E-state index contributed by atoms with van der Waals surface area (Å²) in [6.45, 7) is 0.534. The number of anilines is 1. The maximum Gasteiger partial charge on any atom is 0.352 e. The summed E-state index contributed by atoms with van der Waals surface area (Å²) in [6, 6.07) is 11.8. The highest BCUT2D eigenvalue weighted by atomic mass is 35.5. The molecule has 0 saturated carbocycles. The first-order valence-corrected chi connectivity index (χ1v) is 9.09. The minimum Gasteiger partial charge on any atom is -0.478 e. The third kappa shape index (κ3) is 4.98. The van der Waals surface area contributed by atoms with Crippen molar-refractivity contribution in [1.82, 2.24) is 4.90 Å². The van der Waals surface area contributed by atoms with Crippen molar-refractivity contribution in [2.75, 3.05) is 18.4 Å².